The second kappa shape index (κ2) is 7.77. The van der Waals surface area contributed by atoms with Crippen LogP contribution in [-0.4, -0.2) is 23.9 Å². The first kappa shape index (κ1) is 17.7. The summed E-state index contributed by atoms with van der Waals surface area (Å²) in [4.78, 5) is 14.4. The van der Waals surface area contributed by atoms with Crippen LogP contribution in [0.2, 0.25) is 0 Å². The van der Waals surface area contributed by atoms with Gasteiger partial charge in [-0.15, -0.1) is 0 Å². The fourth-order valence-corrected chi connectivity index (χ4v) is 3.05. The molecule has 2 aromatic rings. The molecular weight excluding hydrogens is 406 g/mol. The summed E-state index contributed by atoms with van der Waals surface area (Å²) in [5.74, 6) is -0.465. The third kappa shape index (κ3) is 4.22. The molecule has 0 aliphatic heterocycles. The van der Waals surface area contributed by atoms with Crippen molar-refractivity contribution in [1.82, 2.24) is 4.90 Å². The summed E-state index contributed by atoms with van der Waals surface area (Å²) >= 11 is 2.25. The molecule has 0 aromatic heterocycles. The molecule has 0 heterocycles. The van der Waals surface area contributed by atoms with Crippen LogP contribution in [0.1, 0.15) is 29.8 Å². The molecule has 1 amide bonds. The lowest BCUT2D eigenvalue weighted by Crippen LogP contribution is -2.31. The summed E-state index contributed by atoms with van der Waals surface area (Å²) in [7, 11) is 0. The number of carbonyl (C=O) groups is 1. The molecular formula is C18H20FIN2O. The summed E-state index contributed by atoms with van der Waals surface area (Å²) in [6.45, 7) is 7.09. The van der Waals surface area contributed by atoms with Crippen LogP contribution >= 0.6 is 22.6 Å². The summed E-state index contributed by atoms with van der Waals surface area (Å²) in [5, 5.41) is 3.20. The molecule has 1 N–H and O–H groups in total. The Hall–Kier alpha value is -1.63. The summed E-state index contributed by atoms with van der Waals surface area (Å²) in [5.41, 5.74) is 2.88. The molecule has 0 radical (unpaired) electrons. The van der Waals surface area contributed by atoms with Crippen LogP contribution < -0.4 is 5.32 Å². The average Bonchev–Trinajstić information content (AvgIpc) is 2.51. The highest BCUT2D eigenvalue weighted by atomic mass is 127. The maximum Gasteiger partial charge on any atom is 0.255 e. The fourth-order valence-electron chi connectivity index (χ4n) is 2.40. The smallest absolute Gasteiger partial charge is 0.255 e. The Morgan fingerprint density at radius 1 is 1.13 bits per heavy atom. The molecule has 23 heavy (non-hydrogen) atoms. The van der Waals surface area contributed by atoms with Gasteiger partial charge in [-0.2, -0.15) is 0 Å². The zero-order valence-corrected chi connectivity index (χ0v) is 15.6. The molecule has 0 aliphatic rings. The number of hydrogen-bond acceptors (Lipinski definition) is 2. The van der Waals surface area contributed by atoms with E-state index in [9.17, 15) is 9.18 Å². The van der Waals surface area contributed by atoms with Crippen molar-refractivity contribution in [2.45, 2.75) is 20.8 Å². The van der Waals surface area contributed by atoms with Crippen molar-refractivity contribution in [3.63, 3.8) is 0 Å². The van der Waals surface area contributed by atoms with E-state index in [1.807, 2.05) is 39.0 Å². The molecule has 0 fully saturated rings. The van der Waals surface area contributed by atoms with Crippen LogP contribution in [0.3, 0.4) is 0 Å². The van der Waals surface area contributed by atoms with Crippen LogP contribution in [0.15, 0.2) is 36.4 Å². The van der Waals surface area contributed by atoms with Crippen molar-refractivity contribution in [1.29, 1.82) is 0 Å². The van der Waals surface area contributed by atoms with Crippen molar-refractivity contribution in [2.24, 2.45) is 0 Å². The zero-order chi connectivity index (χ0) is 17.0. The Labute approximate surface area is 150 Å². The van der Waals surface area contributed by atoms with Crippen LogP contribution in [-0.2, 0) is 0 Å². The molecule has 0 atom stereocenters. The number of benzene rings is 2. The third-order valence-electron chi connectivity index (χ3n) is 3.72. The summed E-state index contributed by atoms with van der Waals surface area (Å²) in [6, 6.07) is 10.2. The first-order valence-electron chi connectivity index (χ1n) is 7.58. The molecule has 0 saturated carbocycles. The van der Waals surface area contributed by atoms with Gasteiger partial charge in [0.15, 0.2) is 0 Å². The molecule has 0 bridgehead atoms. The number of rotatable bonds is 5. The number of aryl methyl sites for hydroxylation is 1. The van der Waals surface area contributed by atoms with Gasteiger partial charge in [-0.1, -0.05) is 0 Å². The molecule has 0 spiro atoms. The van der Waals surface area contributed by atoms with Gasteiger partial charge in [0.1, 0.15) is 5.82 Å². The van der Waals surface area contributed by atoms with E-state index in [1.54, 1.807) is 11.0 Å². The quantitative estimate of drug-likeness (QED) is 0.686. The van der Waals surface area contributed by atoms with E-state index in [4.69, 9.17) is 0 Å². The van der Waals surface area contributed by atoms with Gasteiger partial charge >= 0.3 is 0 Å². The van der Waals surface area contributed by atoms with E-state index in [1.165, 1.54) is 12.1 Å². The van der Waals surface area contributed by atoms with E-state index in [0.29, 0.717) is 24.3 Å². The molecule has 2 aromatic carbocycles. The van der Waals surface area contributed by atoms with Crippen LogP contribution in [0.4, 0.5) is 15.8 Å². The summed E-state index contributed by atoms with van der Waals surface area (Å²) in [6.07, 6.45) is 0. The highest BCUT2D eigenvalue weighted by Crippen LogP contribution is 2.26. The molecule has 0 unspecified atom stereocenters. The zero-order valence-electron chi connectivity index (χ0n) is 13.5. The van der Waals surface area contributed by atoms with Gasteiger partial charge in [-0.3, -0.25) is 4.79 Å². The van der Waals surface area contributed by atoms with E-state index in [-0.39, 0.29) is 11.7 Å². The highest BCUT2D eigenvalue weighted by molar-refractivity contribution is 14.1. The van der Waals surface area contributed by atoms with Gasteiger partial charge in [-0.25, -0.2) is 4.39 Å². The Morgan fingerprint density at radius 2 is 1.83 bits per heavy atom. The minimum absolute atomic E-state index is 0.0966. The Bertz CT molecular complexity index is 714. The van der Waals surface area contributed by atoms with E-state index >= 15 is 0 Å². The monoisotopic (exact) mass is 426 g/mol. The average molecular weight is 426 g/mol. The van der Waals surface area contributed by atoms with Crippen molar-refractivity contribution >= 4 is 39.9 Å². The topological polar surface area (TPSA) is 32.3 Å². The Morgan fingerprint density at radius 3 is 2.43 bits per heavy atom. The Balaban J connectivity index is 2.41. The number of nitrogens with one attached hydrogen (secondary N) is 1. The third-order valence-corrected chi connectivity index (χ3v) is 4.39. The molecule has 2 rings (SSSR count). The predicted molar refractivity (Wildman–Crippen MR) is 101 cm³/mol. The molecule has 0 saturated heterocycles. The minimum atomic E-state index is -0.369. The second-order valence-electron chi connectivity index (χ2n) is 5.25. The predicted octanol–water partition coefficient (Wildman–Crippen LogP) is 4.96. The lowest BCUT2D eigenvalue weighted by atomic mass is 10.1. The minimum Gasteiger partial charge on any atom is -0.355 e. The van der Waals surface area contributed by atoms with Crippen molar-refractivity contribution in [2.75, 3.05) is 18.4 Å². The van der Waals surface area contributed by atoms with Gasteiger partial charge in [0.05, 0.1) is 11.3 Å². The molecule has 3 nitrogen and oxygen atoms in total. The maximum atomic E-state index is 13.7. The number of anilines is 2. The number of carbonyl (C=O) groups excluding carboxylic acids is 1. The summed E-state index contributed by atoms with van der Waals surface area (Å²) < 4.78 is 14.8. The maximum absolute atomic E-state index is 13.7. The normalized spacial score (nSPS) is 10.5. The van der Waals surface area contributed by atoms with E-state index in [2.05, 4.69) is 27.9 Å². The number of amides is 1. The van der Waals surface area contributed by atoms with Gasteiger partial charge in [0, 0.05) is 22.3 Å². The second-order valence-corrected chi connectivity index (χ2v) is 6.50. The van der Waals surface area contributed by atoms with Gasteiger partial charge in [0.2, 0.25) is 0 Å². The first-order valence-corrected chi connectivity index (χ1v) is 8.66. The van der Waals surface area contributed by atoms with Crippen LogP contribution in [0, 0.1) is 16.3 Å². The standard InChI is InChI=1S/C18H20FIN2O/c1-4-22(5-2)18(23)15-8-6-13(19)11-17(15)21-16-9-7-14(20)10-12(16)3/h6-11,21H,4-5H2,1-3H3. The molecule has 5 heteroatoms. The van der Waals surface area contributed by atoms with Crippen molar-refractivity contribution in [3.8, 4) is 0 Å². The first-order chi connectivity index (χ1) is 11.0. The fraction of sp³-hybridized carbons (Fsp3) is 0.278. The lowest BCUT2D eigenvalue weighted by Gasteiger charge is -2.21. The molecule has 0 aliphatic carbocycles. The SMILES string of the molecule is CCN(CC)C(=O)c1ccc(F)cc1Nc1ccc(I)cc1C. The molecule has 122 valence electrons. The van der Waals surface area contributed by atoms with Crippen LogP contribution in [0.25, 0.3) is 0 Å². The lowest BCUT2D eigenvalue weighted by molar-refractivity contribution is 0.0774. The van der Waals surface area contributed by atoms with E-state index < -0.39 is 0 Å². The number of nitrogens with zero attached hydrogens (tertiary/aromatic N) is 1. The number of halogens is 2. The Kier molecular flexibility index (Phi) is 5.98. The highest BCUT2D eigenvalue weighted by Gasteiger charge is 2.17. The van der Waals surface area contributed by atoms with Gasteiger partial charge < -0.3 is 10.2 Å². The largest absolute Gasteiger partial charge is 0.355 e. The van der Waals surface area contributed by atoms with Crippen LogP contribution in [0.5, 0.6) is 0 Å². The van der Waals surface area contributed by atoms with Gasteiger partial charge in [0.25, 0.3) is 5.91 Å². The van der Waals surface area contributed by atoms with Crippen molar-refractivity contribution < 1.29 is 9.18 Å². The van der Waals surface area contributed by atoms with Gasteiger partial charge in [-0.05, 0) is 85.3 Å². The van der Waals surface area contributed by atoms with Crippen molar-refractivity contribution in [3.05, 3.63) is 56.9 Å². The number of hydrogen-bond donors (Lipinski definition) is 1. The van der Waals surface area contributed by atoms with E-state index in [0.717, 1.165) is 14.8 Å².